The van der Waals surface area contributed by atoms with Gasteiger partial charge in [0.15, 0.2) is 0 Å². The minimum absolute atomic E-state index is 0.723. The second-order valence-electron chi connectivity index (χ2n) is 4.67. The van der Waals surface area contributed by atoms with Gasteiger partial charge >= 0.3 is 0 Å². The molecule has 2 heteroatoms. The quantitative estimate of drug-likeness (QED) is 0.760. The van der Waals surface area contributed by atoms with E-state index >= 15 is 0 Å². The van der Waals surface area contributed by atoms with Gasteiger partial charge in [-0.15, -0.1) is 11.3 Å². The van der Waals surface area contributed by atoms with Crippen molar-refractivity contribution in [3.8, 4) is 0 Å². The molecule has 1 aliphatic rings. The third kappa shape index (κ3) is 2.43. The van der Waals surface area contributed by atoms with E-state index in [9.17, 15) is 0 Å². The first-order valence-electron chi connectivity index (χ1n) is 6.07. The standard InChI is InChI=1S/C13H21NS/c1-10-12(7-8-15-10)13-6-4-2-3-5-11(13)9-14/h7-8,11,13H,2-6,9,14H2,1H3. The Kier molecular flexibility index (Phi) is 3.81. The maximum absolute atomic E-state index is 5.92. The van der Waals surface area contributed by atoms with E-state index in [0.29, 0.717) is 0 Å². The van der Waals surface area contributed by atoms with Crippen molar-refractivity contribution >= 4 is 11.3 Å². The molecule has 0 bridgehead atoms. The molecule has 0 aromatic carbocycles. The summed E-state index contributed by atoms with van der Waals surface area (Å²) in [5.41, 5.74) is 7.50. The zero-order chi connectivity index (χ0) is 10.7. The molecule has 0 aliphatic heterocycles. The smallest absolute Gasteiger partial charge is 0.00491 e. The van der Waals surface area contributed by atoms with Crippen LogP contribution in [0.4, 0.5) is 0 Å². The Morgan fingerprint density at radius 3 is 2.80 bits per heavy atom. The van der Waals surface area contributed by atoms with Gasteiger partial charge in [0.2, 0.25) is 0 Å². The zero-order valence-corrected chi connectivity index (χ0v) is 10.4. The van der Waals surface area contributed by atoms with E-state index in [1.165, 1.54) is 37.0 Å². The van der Waals surface area contributed by atoms with Crippen molar-refractivity contribution in [1.82, 2.24) is 0 Å². The zero-order valence-electron chi connectivity index (χ0n) is 9.54. The molecule has 0 spiro atoms. The highest BCUT2D eigenvalue weighted by Crippen LogP contribution is 2.38. The summed E-state index contributed by atoms with van der Waals surface area (Å²) in [7, 11) is 0. The van der Waals surface area contributed by atoms with Gasteiger partial charge in [-0.2, -0.15) is 0 Å². The monoisotopic (exact) mass is 223 g/mol. The Labute approximate surface area is 96.7 Å². The van der Waals surface area contributed by atoms with Crippen molar-refractivity contribution < 1.29 is 0 Å². The van der Waals surface area contributed by atoms with E-state index in [-0.39, 0.29) is 0 Å². The van der Waals surface area contributed by atoms with Crippen LogP contribution >= 0.6 is 11.3 Å². The van der Waals surface area contributed by atoms with Crippen molar-refractivity contribution in [2.24, 2.45) is 11.7 Å². The van der Waals surface area contributed by atoms with Crippen LogP contribution < -0.4 is 5.73 Å². The molecule has 15 heavy (non-hydrogen) atoms. The van der Waals surface area contributed by atoms with Gasteiger partial charge in [0.25, 0.3) is 0 Å². The molecule has 1 heterocycles. The van der Waals surface area contributed by atoms with E-state index in [2.05, 4.69) is 18.4 Å². The van der Waals surface area contributed by atoms with Crippen molar-refractivity contribution in [3.63, 3.8) is 0 Å². The predicted octanol–water partition coefficient (Wildman–Crippen LogP) is 3.68. The van der Waals surface area contributed by atoms with Gasteiger partial charge < -0.3 is 5.73 Å². The van der Waals surface area contributed by atoms with Crippen LogP contribution in [0.5, 0.6) is 0 Å². The maximum atomic E-state index is 5.92. The lowest BCUT2D eigenvalue weighted by molar-refractivity contribution is 0.408. The molecule has 2 rings (SSSR count). The number of hydrogen-bond donors (Lipinski definition) is 1. The lowest BCUT2D eigenvalue weighted by Crippen LogP contribution is -2.21. The van der Waals surface area contributed by atoms with E-state index in [1.54, 1.807) is 5.56 Å². The lowest BCUT2D eigenvalue weighted by atomic mass is 9.83. The first-order chi connectivity index (χ1) is 7.33. The molecular formula is C13H21NS. The van der Waals surface area contributed by atoms with E-state index in [1.807, 2.05) is 11.3 Å². The fourth-order valence-corrected chi connectivity index (χ4v) is 3.63. The number of rotatable bonds is 2. The van der Waals surface area contributed by atoms with Crippen molar-refractivity contribution in [2.45, 2.75) is 44.9 Å². The Bertz CT molecular complexity index is 305. The van der Waals surface area contributed by atoms with Crippen molar-refractivity contribution in [3.05, 3.63) is 21.9 Å². The van der Waals surface area contributed by atoms with Gasteiger partial charge in [-0.05, 0) is 55.2 Å². The summed E-state index contributed by atoms with van der Waals surface area (Å²) in [5.74, 6) is 1.46. The van der Waals surface area contributed by atoms with Crippen LogP contribution in [-0.4, -0.2) is 6.54 Å². The topological polar surface area (TPSA) is 26.0 Å². The summed E-state index contributed by atoms with van der Waals surface area (Å²) >= 11 is 1.88. The van der Waals surface area contributed by atoms with Crippen molar-refractivity contribution in [2.75, 3.05) is 6.54 Å². The summed E-state index contributed by atoms with van der Waals surface area (Å²) in [6.45, 7) is 3.11. The normalized spacial score (nSPS) is 27.6. The second-order valence-corrected chi connectivity index (χ2v) is 5.79. The fraction of sp³-hybridized carbons (Fsp3) is 0.692. The molecule has 1 saturated carbocycles. The number of thiophene rings is 1. The molecule has 1 aromatic heterocycles. The molecule has 1 fully saturated rings. The largest absolute Gasteiger partial charge is 0.330 e. The summed E-state index contributed by atoms with van der Waals surface area (Å²) in [4.78, 5) is 1.50. The van der Waals surface area contributed by atoms with Gasteiger partial charge in [0, 0.05) is 4.88 Å². The van der Waals surface area contributed by atoms with Crippen molar-refractivity contribution in [1.29, 1.82) is 0 Å². The van der Waals surface area contributed by atoms with Gasteiger partial charge in [0.05, 0.1) is 0 Å². The van der Waals surface area contributed by atoms with Gasteiger partial charge in [0.1, 0.15) is 0 Å². The van der Waals surface area contributed by atoms with E-state index < -0.39 is 0 Å². The predicted molar refractivity (Wildman–Crippen MR) is 67.4 cm³/mol. The van der Waals surface area contributed by atoms with Crippen LogP contribution in [0, 0.1) is 12.8 Å². The summed E-state index contributed by atoms with van der Waals surface area (Å²) in [6, 6.07) is 2.32. The van der Waals surface area contributed by atoms with Crippen LogP contribution in [0.2, 0.25) is 0 Å². The van der Waals surface area contributed by atoms with Gasteiger partial charge in [-0.3, -0.25) is 0 Å². The first-order valence-corrected chi connectivity index (χ1v) is 6.95. The minimum atomic E-state index is 0.723. The second kappa shape index (κ2) is 5.13. The van der Waals surface area contributed by atoms with Crippen LogP contribution in [0.15, 0.2) is 11.4 Å². The Morgan fingerprint density at radius 1 is 1.33 bits per heavy atom. The third-order valence-corrected chi connectivity index (χ3v) is 4.62. The highest BCUT2D eigenvalue weighted by atomic mass is 32.1. The fourth-order valence-electron chi connectivity index (χ4n) is 2.86. The van der Waals surface area contributed by atoms with Crippen LogP contribution in [0.25, 0.3) is 0 Å². The van der Waals surface area contributed by atoms with Gasteiger partial charge in [-0.1, -0.05) is 19.3 Å². The lowest BCUT2D eigenvalue weighted by Gasteiger charge is -2.24. The number of hydrogen-bond acceptors (Lipinski definition) is 2. The molecule has 0 saturated heterocycles. The molecule has 0 radical (unpaired) electrons. The van der Waals surface area contributed by atoms with Crippen LogP contribution in [0.1, 0.15) is 48.5 Å². The third-order valence-electron chi connectivity index (χ3n) is 3.76. The van der Waals surface area contributed by atoms with Crippen LogP contribution in [0.3, 0.4) is 0 Å². The molecule has 0 amide bonds. The Morgan fingerprint density at radius 2 is 2.13 bits per heavy atom. The van der Waals surface area contributed by atoms with E-state index in [0.717, 1.165) is 18.4 Å². The Balaban J connectivity index is 2.20. The average molecular weight is 223 g/mol. The molecule has 2 unspecified atom stereocenters. The molecule has 1 aromatic rings. The SMILES string of the molecule is Cc1sccc1C1CCCCCC1CN. The van der Waals surface area contributed by atoms with E-state index in [4.69, 9.17) is 5.73 Å². The highest BCUT2D eigenvalue weighted by molar-refractivity contribution is 7.10. The molecule has 1 nitrogen and oxygen atoms in total. The summed E-state index contributed by atoms with van der Waals surface area (Å²) < 4.78 is 0. The average Bonchev–Trinajstić information content (AvgIpc) is 2.54. The Hall–Kier alpha value is -0.340. The molecule has 2 N–H and O–H groups in total. The number of aryl methyl sites for hydroxylation is 1. The number of nitrogens with two attached hydrogens (primary N) is 1. The highest BCUT2D eigenvalue weighted by Gasteiger charge is 2.25. The molecule has 84 valence electrons. The summed E-state index contributed by atoms with van der Waals surface area (Å²) in [5, 5.41) is 2.23. The minimum Gasteiger partial charge on any atom is -0.330 e. The van der Waals surface area contributed by atoms with Gasteiger partial charge in [-0.25, -0.2) is 0 Å². The molecular weight excluding hydrogens is 202 g/mol. The first kappa shape index (κ1) is 11.2. The summed E-state index contributed by atoms with van der Waals surface area (Å²) in [6.07, 6.45) is 6.84. The maximum Gasteiger partial charge on any atom is 0.00491 e. The molecule has 1 aliphatic carbocycles. The molecule has 2 atom stereocenters. The van der Waals surface area contributed by atoms with Crippen LogP contribution in [-0.2, 0) is 0 Å².